The van der Waals surface area contributed by atoms with Gasteiger partial charge in [-0.3, -0.25) is 0 Å². The van der Waals surface area contributed by atoms with Gasteiger partial charge in [-0.05, 0) is 38.5 Å². The van der Waals surface area contributed by atoms with Crippen LogP contribution in [0.2, 0.25) is 0 Å². The van der Waals surface area contributed by atoms with Crippen molar-refractivity contribution in [2.75, 3.05) is 0 Å². The van der Waals surface area contributed by atoms with E-state index in [1.54, 1.807) is 6.92 Å². The van der Waals surface area contributed by atoms with Crippen LogP contribution in [-0.2, 0) is 9.53 Å². The fraction of sp³-hybridized carbons (Fsp3) is 0.769. The number of esters is 1. The predicted molar refractivity (Wildman–Crippen MR) is 59.4 cm³/mol. The van der Waals surface area contributed by atoms with Crippen LogP contribution in [-0.4, -0.2) is 11.6 Å². The van der Waals surface area contributed by atoms with Crippen molar-refractivity contribution in [2.45, 2.75) is 52.1 Å². The van der Waals surface area contributed by atoms with Gasteiger partial charge in [0.15, 0.2) is 0 Å². The molecule has 2 heteroatoms. The molecule has 0 aromatic rings. The minimum atomic E-state index is -0.217. The number of hydrogen-bond acceptors (Lipinski definition) is 2. The van der Waals surface area contributed by atoms with Crippen molar-refractivity contribution in [1.29, 1.82) is 0 Å². The largest absolute Gasteiger partial charge is 0.455 e. The van der Waals surface area contributed by atoms with E-state index in [0.717, 1.165) is 18.8 Å². The van der Waals surface area contributed by atoms with Crippen LogP contribution in [0.1, 0.15) is 46.5 Å². The highest BCUT2D eigenvalue weighted by atomic mass is 16.6. The van der Waals surface area contributed by atoms with E-state index in [0.29, 0.717) is 5.57 Å². The first-order chi connectivity index (χ1) is 6.86. The second-order valence-corrected chi connectivity index (χ2v) is 5.86. The molecule has 0 spiro atoms. The van der Waals surface area contributed by atoms with E-state index >= 15 is 0 Å². The predicted octanol–water partition coefficient (Wildman–Crippen LogP) is 3.07. The van der Waals surface area contributed by atoms with Gasteiger partial charge in [-0.25, -0.2) is 4.79 Å². The van der Waals surface area contributed by atoms with Crippen LogP contribution in [0.25, 0.3) is 0 Å². The van der Waals surface area contributed by atoms with Crippen molar-refractivity contribution in [3.8, 4) is 0 Å². The molecule has 2 unspecified atom stereocenters. The van der Waals surface area contributed by atoms with Gasteiger partial charge in [0.05, 0.1) is 0 Å². The minimum absolute atomic E-state index is 0.140. The number of carbonyl (C=O) groups is 1. The molecule has 84 valence electrons. The lowest BCUT2D eigenvalue weighted by Gasteiger charge is -2.41. The van der Waals surface area contributed by atoms with E-state index in [-0.39, 0.29) is 17.0 Å². The summed E-state index contributed by atoms with van der Waals surface area (Å²) in [6.45, 7) is 9.81. The lowest BCUT2D eigenvalue weighted by molar-refractivity contribution is -0.165. The quantitative estimate of drug-likeness (QED) is 0.515. The first-order valence-corrected chi connectivity index (χ1v) is 5.75. The van der Waals surface area contributed by atoms with Gasteiger partial charge in [-0.2, -0.15) is 0 Å². The van der Waals surface area contributed by atoms with Crippen molar-refractivity contribution in [1.82, 2.24) is 0 Å². The van der Waals surface area contributed by atoms with Gasteiger partial charge in [-0.1, -0.05) is 20.4 Å². The van der Waals surface area contributed by atoms with Gasteiger partial charge in [0, 0.05) is 11.0 Å². The van der Waals surface area contributed by atoms with Crippen molar-refractivity contribution in [2.24, 2.45) is 11.3 Å². The normalized spacial score (nSPS) is 36.6. The van der Waals surface area contributed by atoms with E-state index in [4.69, 9.17) is 4.74 Å². The van der Waals surface area contributed by atoms with E-state index in [9.17, 15) is 4.79 Å². The van der Waals surface area contributed by atoms with Crippen molar-refractivity contribution in [3.05, 3.63) is 12.2 Å². The first kappa shape index (κ1) is 10.7. The Labute approximate surface area is 91.7 Å². The number of fused-ring (bicyclic) bond motifs is 2. The van der Waals surface area contributed by atoms with Gasteiger partial charge in [-0.15, -0.1) is 0 Å². The average molecular weight is 208 g/mol. The smallest absolute Gasteiger partial charge is 0.333 e. The molecule has 2 aliphatic carbocycles. The molecular weight excluding hydrogens is 188 g/mol. The molecule has 0 aromatic heterocycles. The molecule has 0 radical (unpaired) electrons. The van der Waals surface area contributed by atoms with Crippen molar-refractivity contribution >= 4 is 5.97 Å². The average Bonchev–Trinajstić information content (AvgIpc) is 2.57. The molecule has 0 aromatic carbocycles. The summed E-state index contributed by atoms with van der Waals surface area (Å²) < 4.78 is 5.73. The number of ether oxygens (including phenoxy) is 1. The molecule has 0 amide bonds. The Morgan fingerprint density at radius 1 is 1.40 bits per heavy atom. The highest BCUT2D eigenvalue weighted by Gasteiger charge is 2.59. The van der Waals surface area contributed by atoms with Crippen molar-refractivity contribution < 1.29 is 9.53 Å². The zero-order valence-corrected chi connectivity index (χ0v) is 9.93. The Bertz CT molecular complexity index is 316. The molecule has 2 rings (SSSR count). The summed E-state index contributed by atoms with van der Waals surface area (Å²) in [5, 5.41) is 0. The molecule has 0 aliphatic heterocycles. The van der Waals surface area contributed by atoms with Crippen LogP contribution in [0.5, 0.6) is 0 Å². The van der Waals surface area contributed by atoms with Crippen LogP contribution in [0.3, 0.4) is 0 Å². The monoisotopic (exact) mass is 208 g/mol. The van der Waals surface area contributed by atoms with Crippen LogP contribution in [0.15, 0.2) is 12.2 Å². The minimum Gasteiger partial charge on any atom is -0.455 e. The third-order valence-electron chi connectivity index (χ3n) is 4.24. The fourth-order valence-electron chi connectivity index (χ4n) is 3.30. The van der Waals surface area contributed by atoms with Gasteiger partial charge >= 0.3 is 5.97 Å². The fourth-order valence-corrected chi connectivity index (χ4v) is 3.30. The number of rotatable bonds is 2. The van der Waals surface area contributed by atoms with Crippen LogP contribution in [0, 0.1) is 11.3 Å². The highest BCUT2D eigenvalue weighted by Crippen LogP contribution is 2.60. The Hall–Kier alpha value is -0.790. The summed E-state index contributed by atoms with van der Waals surface area (Å²) in [4.78, 5) is 11.6. The van der Waals surface area contributed by atoms with Crippen LogP contribution >= 0.6 is 0 Å². The summed E-state index contributed by atoms with van der Waals surface area (Å²) in [5.41, 5.74) is 0.449. The molecule has 2 atom stereocenters. The lowest BCUT2D eigenvalue weighted by atomic mass is 9.73. The maximum absolute atomic E-state index is 11.6. The third-order valence-corrected chi connectivity index (χ3v) is 4.24. The van der Waals surface area contributed by atoms with Crippen molar-refractivity contribution in [3.63, 3.8) is 0 Å². The molecule has 2 saturated carbocycles. The maximum Gasteiger partial charge on any atom is 0.333 e. The molecule has 0 N–H and O–H groups in total. The summed E-state index contributed by atoms with van der Waals surface area (Å²) in [6.07, 6.45) is 4.49. The standard InChI is InChI=1S/C13H20O2/c1-9(2)11(14)15-13-6-5-10(8-13)7-12(13,3)4/h10H,1,5-8H2,2-4H3. The molecule has 2 aliphatic rings. The summed E-state index contributed by atoms with van der Waals surface area (Å²) in [6, 6.07) is 0. The molecular formula is C13H20O2. The Morgan fingerprint density at radius 2 is 2.07 bits per heavy atom. The second kappa shape index (κ2) is 3.10. The molecule has 0 saturated heterocycles. The Morgan fingerprint density at radius 3 is 2.47 bits per heavy atom. The SMILES string of the molecule is C=C(C)C(=O)OC12CCC(CC1(C)C)C2. The Balaban J connectivity index is 2.19. The van der Waals surface area contributed by atoms with Gasteiger partial charge in [0.1, 0.15) is 5.60 Å². The van der Waals surface area contributed by atoms with Gasteiger partial charge in [0.25, 0.3) is 0 Å². The van der Waals surface area contributed by atoms with E-state index < -0.39 is 0 Å². The molecule has 0 heterocycles. The molecule has 2 bridgehead atoms. The number of carbonyl (C=O) groups excluding carboxylic acids is 1. The zero-order chi connectivity index (χ0) is 11.3. The molecule has 15 heavy (non-hydrogen) atoms. The van der Waals surface area contributed by atoms with E-state index in [2.05, 4.69) is 20.4 Å². The highest BCUT2D eigenvalue weighted by molar-refractivity contribution is 5.87. The molecule has 2 nitrogen and oxygen atoms in total. The second-order valence-electron chi connectivity index (χ2n) is 5.86. The topological polar surface area (TPSA) is 26.3 Å². The first-order valence-electron chi connectivity index (χ1n) is 5.75. The van der Waals surface area contributed by atoms with Gasteiger partial charge < -0.3 is 4.74 Å². The lowest BCUT2D eigenvalue weighted by Crippen LogP contribution is -2.44. The summed E-state index contributed by atoms with van der Waals surface area (Å²) in [5.74, 6) is 0.545. The van der Waals surface area contributed by atoms with Crippen LogP contribution < -0.4 is 0 Å². The summed E-state index contributed by atoms with van der Waals surface area (Å²) in [7, 11) is 0. The maximum atomic E-state index is 11.6. The van der Waals surface area contributed by atoms with E-state index in [1.807, 2.05) is 0 Å². The summed E-state index contributed by atoms with van der Waals surface area (Å²) >= 11 is 0. The number of hydrogen-bond donors (Lipinski definition) is 0. The van der Waals surface area contributed by atoms with Crippen LogP contribution in [0.4, 0.5) is 0 Å². The third kappa shape index (κ3) is 1.51. The molecule has 2 fully saturated rings. The zero-order valence-electron chi connectivity index (χ0n) is 9.93. The van der Waals surface area contributed by atoms with Gasteiger partial charge in [0.2, 0.25) is 0 Å². The van der Waals surface area contributed by atoms with E-state index in [1.165, 1.54) is 12.8 Å². The Kier molecular flexibility index (Phi) is 2.21.